The highest BCUT2D eigenvalue weighted by Gasteiger charge is 2.17. The van der Waals surface area contributed by atoms with Crippen LogP contribution in [0.15, 0.2) is 10.9 Å². The van der Waals surface area contributed by atoms with Crippen molar-refractivity contribution < 1.29 is 14.6 Å². The Balaban J connectivity index is 3.60. The first-order chi connectivity index (χ1) is 6.49. The van der Waals surface area contributed by atoms with Gasteiger partial charge in [0.05, 0.1) is 10.8 Å². The first-order valence-electron chi connectivity index (χ1n) is 3.65. The number of aromatic carboxylic acids is 1. The van der Waals surface area contributed by atoms with Gasteiger partial charge in [-0.2, -0.15) is 0 Å². The summed E-state index contributed by atoms with van der Waals surface area (Å²) < 4.78 is 6.63. The smallest absolute Gasteiger partial charge is 0.339 e. The molecule has 1 aromatic rings. The molecule has 0 aliphatic heterocycles. The fraction of sp³-hybridized carbons (Fsp3) is 0.250. The summed E-state index contributed by atoms with van der Waals surface area (Å²) in [4.78, 5) is 22.3. The SMILES string of the molecule is COc1c(C(=O)O)cc(I)n(C)c1=O. The van der Waals surface area contributed by atoms with E-state index >= 15 is 0 Å². The Morgan fingerprint density at radius 3 is 2.64 bits per heavy atom. The molecule has 14 heavy (non-hydrogen) atoms. The summed E-state index contributed by atoms with van der Waals surface area (Å²) in [6.07, 6.45) is 0. The maximum atomic E-state index is 11.5. The van der Waals surface area contributed by atoms with E-state index in [1.807, 2.05) is 22.6 Å². The molecule has 0 fully saturated rings. The van der Waals surface area contributed by atoms with Gasteiger partial charge in [0.25, 0.3) is 5.56 Å². The van der Waals surface area contributed by atoms with Crippen LogP contribution in [0.4, 0.5) is 0 Å². The van der Waals surface area contributed by atoms with E-state index in [1.54, 1.807) is 7.05 Å². The third-order valence-corrected chi connectivity index (χ3v) is 2.80. The normalized spacial score (nSPS) is 9.93. The summed E-state index contributed by atoms with van der Waals surface area (Å²) in [5.74, 6) is -1.31. The molecule has 0 aromatic carbocycles. The van der Waals surface area contributed by atoms with Crippen molar-refractivity contribution in [2.45, 2.75) is 0 Å². The largest absolute Gasteiger partial charge is 0.490 e. The molecule has 1 heterocycles. The van der Waals surface area contributed by atoms with E-state index in [9.17, 15) is 9.59 Å². The highest BCUT2D eigenvalue weighted by molar-refractivity contribution is 14.1. The van der Waals surface area contributed by atoms with Crippen LogP contribution in [-0.2, 0) is 7.05 Å². The van der Waals surface area contributed by atoms with E-state index in [-0.39, 0.29) is 11.3 Å². The van der Waals surface area contributed by atoms with Gasteiger partial charge in [0.2, 0.25) is 0 Å². The van der Waals surface area contributed by atoms with Crippen LogP contribution in [0.1, 0.15) is 10.4 Å². The molecule has 0 atom stereocenters. The van der Waals surface area contributed by atoms with Crippen molar-refractivity contribution >= 4 is 28.6 Å². The van der Waals surface area contributed by atoms with Crippen molar-refractivity contribution in [2.75, 3.05) is 7.11 Å². The number of ether oxygens (including phenoxy) is 1. The molecule has 0 bridgehead atoms. The van der Waals surface area contributed by atoms with Crippen LogP contribution < -0.4 is 10.3 Å². The number of aromatic nitrogens is 1. The molecule has 5 nitrogen and oxygen atoms in total. The summed E-state index contributed by atoms with van der Waals surface area (Å²) in [6.45, 7) is 0. The predicted molar refractivity (Wildman–Crippen MR) is 57.9 cm³/mol. The van der Waals surface area contributed by atoms with Crippen molar-refractivity contribution in [1.29, 1.82) is 0 Å². The van der Waals surface area contributed by atoms with Crippen LogP contribution >= 0.6 is 22.6 Å². The third-order valence-electron chi connectivity index (χ3n) is 1.76. The van der Waals surface area contributed by atoms with E-state index in [0.717, 1.165) is 0 Å². The maximum absolute atomic E-state index is 11.5. The zero-order valence-corrected chi connectivity index (χ0v) is 9.73. The van der Waals surface area contributed by atoms with Gasteiger partial charge in [-0.3, -0.25) is 4.79 Å². The molecule has 6 heteroatoms. The summed E-state index contributed by atoms with van der Waals surface area (Å²) in [5.41, 5.74) is -0.559. The second kappa shape index (κ2) is 3.99. The number of halogens is 1. The van der Waals surface area contributed by atoms with E-state index in [4.69, 9.17) is 9.84 Å². The lowest BCUT2D eigenvalue weighted by Gasteiger charge is -2.07. The average Bonchev–Trinajstić information content (AvgIpc) is 2.13. The number of pyridine rings is 1. The van der Waals surface area contributed by atoms with E-state index in [1.165, 1.54) is 17.7 Å². The fourth-order valence-electron chi connectivity index (χ4n) is 1.00. The molecule has 0 spiro atoms. The monoisotopic (exact) mass is 309 g/mol. The van der Waals surface area contributed by atoms with Gasteiger partial charge >= 0.3 is 5.97 Å². The quantitative estimate of drug-likeness (QED) is 0.645. The number of rotatable bonds is 2. The lowest BCUT2D eigenvalue weighted by molar-refractivity contribution is 0.0692. The predicted octanol–water partition coefficient (Wildman–Crippen LogP) is 0.697. The van der Waals surface area contributed by atoms with Gasteiger partial charge in [-0.05, 0) is 28.7 Å². The minimum absolute atomic E-state index is 0.111. The Morgan fingerprint density at radius 1 is 1.64 bits per heavy atom. The van der Waals surface area contributed by atoms with Crippen molar-refractivity contribution in [3.05, 3.63) is 25.7 Å². The zero-order valence-electron chi connectivity index (χ0n) is 7.57. The first kappa shape index (κ1) is 11.0. The second-order valence-corrected chi connectivity index (χ2v) is 3.69. The summed E-state index contributed by atoms with van der Waals surface area (Å²) >= 11 is 1.89. The molecule has 0 amide bonds. The van der Waals surface area contributed by atoms with Gasteiger partial charge in [0, 0.05) is 7.05 Å². The Morgan fingerprint density at radius 2 is 2.21 bits per heavy atom. The minimum Gasteiger partial charge on any atom is -0.490 e. The Kier molecular flexibility index (Phi) is 3.14. The van der Waals surface area contributed by atoms with Crippen molar-refractivity contribution in [1.82, 2.24) is 4.57 Å². The molecule has 1 rings (SSSR count). The molecule has 76 valence electrons. The van der Waals surface area contributed by atoms with Gasteiger partial charge in [0.15, 0.2) is 5.75 Å². The van der Waals surface area contributed by atoms with Crippen molar-refractivity contribution in [3.63, 3.8) is 0 Å². The van der Waals surface area contributed by atoms with Gasteiger partial charge < -0.3 is 14.4 Å². The van der Waals surface area contributed by atoms with E-state index in [0.29, 0.717) is 3.70 Å². The molecule has 0 saturated heterocycles. The summed E-state index contributed by atoms with van der Waals surface area (Å²) in [5, 5.41) is 8.81. The summed E-state index contributed by atoms with van der Waals surface area (Å²) in [7, 11) is 2.83. The first-order valence-corrected chi connectivity index (χ1v) is 4.73. The number of hydrogen-bond donors (Lipinski definition) is 1. The van der Waals surface area contributed by atoms with Gasteiger partial charge in [0.1, 0.15) is 5.56 Å². The van der Waals surface area contributed by atoms with Crippen LogP contribution in [0.2, 0.25) is 0 Å². The van der Waals surface area contributed by atoms with Crippen LogP contribution in [0.5, 0.6) is 5.75 Å². The van der Waals surface area contributed by atoms with Crippen LogP contribution in [0.3, 0.4) is 0 Å². The van der Waals surface area contributed by atoms with Gasteiger partial charge in [-0.25, -0.2) is 4.79 Å². The Bertz CT molecular complexity index is 438. The van der Waals surface area contributed by atoms with Gasteiger partial charge in [-0.1, -0.05) is 0 Å². The Labute approximate surface area is 93.4 Å². The number of hydrogen-bond acceptors (Lipinski definition) is 3. The molecule has 0 aliphatic carbocycles. The van der Waals surface area contributed by atoms with Crippen molar-refractivity contribution in [3.8, 4) is 5.75 Å². The molecule has 0 aliphatic rings. The summed E-state index contributed by atoms with van der Waals surface area (Å²) in [6, 6.07) is 1.39. The molecule has 1 N–H and O–H groups in total. The number of carboxylic acids is 1. The molecule has 0 saturated carbocycles. The number of methoxy groups -OCH3 is 1. The highest BCUT2D eigenvalue weighted by atomic mass is 127. The number of carboxylic acid groups (broad SMARTS) is 1. The molecule has 1 aromatic heterocycles. The van der Waals surface area contributed by atoms with Crippen molar-refractivity contribution in [2.24, 2.45) is 7.05 Å². The average molecular weight is 309 g/mol. The van der Waals surface area contributed by atoms with E-state index in [2.05, 4.69) is 0 Å². The lowest BCUT2D eigenvalue weighted by Crippen LogP contribution is -2.23. The molecular formula is C8H8INO4. The Hall–Kier alpha value is -1.05. The zero-order chi connectivity index (χ0) is 10.9. The molecule has 0 radical (unpaired) electrons. The molecule has 0 unspecified atom stereocenters. The molecular weight excluding hydrogens is 301 g/mol. The van der Waals surface area contributed by atoms with E-state index < -0.39 is 11.5 Å². The minimum atomic E-state index is -1.17. The maximum Gasteiger partial charge on any atom is 0.339 e. The van der Waals surface area contributed by atoms with Crippen LogP contribution in [0, 0.1) is 3.70 Å². The topological polar surface area (TPSA) is 68.5 Å². The second-order valence-electron chi connectivity index (χ2n) is 2.58. The lowest BCUT2D eigenvalue weighted by atomic mass is 10.2. The van der Waals surface area contributed by atoms with Crippen LogP contribution in [-0.4, -0.2) is 22.8 Å². The highest BCUT2D eigenvalue weighted by Crippen LogP contribution is 2.15. The third kappa shape index (κ3) is 1.74. The van der Waals surface area contributed by atoms with Gasteiger partial charge in [-0.15, -0.1) is 0 Å². The standard InChI is InChI=1S/C8H8INO4/c1-10-5(9)3-4(8(12)13)6(14-2)7(10)11/h3H,1-2H3,(H,12,13). The fourth-order valence-corrected chi connectivity index (χ4v) is 1.53. The van der Waals surface area contributed by atoms with Crippen LogP contribution in [0.25, 0.3) is 0 Å². The number of nitrogens with zero attached hydrogens (tertiary/aromatic N) is 1. The number of carbonyl (C=O) groups is 1.